The molecule has 1 atom stereocenters. The summed E-state index contributed by atoms with van der Waals surface area (Å²) in [7, 11) is 1.39. The molecule has 3 aromatic carbocycles. The maximum Gasteiger partial charge on any atom is 0.337 e. The van der Waals surface area contributed by atoms with Gasteiger partial charge in [0.2, 0.25) is 5.91 Å². The molecular weight excluding hydrogens is 410 g/mol. The van der Waals surface area contributed by atoms with Crippen LogP contribution < -0.4 is 0 Å². The van der Waals surface area contributed by atoms with Crippen LogP contribution in [-0.4, -0.2) is 36.5 Å². The Morgan fingerprint density at radius 2 is 1.64 bits per heavy atom. The Morgan fingerprint density at radius 3 is 2.36 bits per heavy atom. The zero-order valence-electron chi connectivity index (χ0n) is 19.3. The Hall–Kier alpha value is -3.14. The molecule has 1 amide bonds. The van der Waals surface area contributed by atoms with Crippen LogP contribution in [0.25, 0.3) is 21.9 Å². The van der Waals surface area contributed by atoms with Crippen LogP contribution in [0.5, 0.6) is 0 Å². The van der Waals surface area contributed by atoms with Crippen molar-refractivity contribution >= 4 is 22.6 Å². The number of methoxy groups -OCH3 is 1. The summed E-state index contributed by atoms with van der Waals surface area (Å²) < 4.78 is 4.82. The molecular formula is C29H31NO3. The topological polar surface area (TPSA) is 46.6 Å². The molecule has 4 nitrogen and oxygen atoms in total. The zero-order chi connectivity index (χ0) is 22.8. The predicted octanol–water partition coefficient (Wildman–Crippen LogP) is 6.02. The Labute approximate surface area is 195 Å². The van der Waals surface area contributed by atoms with Gasteiger partial charge in [0.05, 0.1) is 12.7 Å². The van der Waals surface area contributed by atoms with E-state index in [4.69, 9.17) is 4.74 Å². The van der Waals surface area contributed by atoms with E-state index in [9.17, 15) is 9.59 Å². The third kappa shape index (κ3) is 4.27. The van der Waals surface area contributed by atoms with E-state index < -0.39 is 0 Å². The molecule has 1 saturated heterocycles. The quantitative estimate of drug-likeness (QED) is 0.455. The van der Waals surface area contributed by atoms with Crippen molar-refractivity contribution < 1.29 is 14.3 Å². The summed E-state index contributed by atoms with van der Waals surface area (Å²) in [6, 6.07) is 20.8. The summed E-state index contributed by atoms with van der Waals surface area (Å²) in [6.45, 7) is 0.913. The van der Waals surface area contributed by atoms with Crippen molar-refractivity contribution in [2.75, 3.05) is 13.7 Å². The molecule has 1 aliphatic heterocycles. The molecule has 5 rings (SSSR count). The molecule has 1 saturated carbocycles. The van der Waals surface area contributed by atoms with Gasteiger partial charge in [0.15, 0.2) is 0 Å². The van der Waals surface area contributed by atoms with Crippen molar-refractivity contribution in [1.82, 2.24) is 4.90 Å². The highest BCUT2D eigenvalue weighted by atomic mass is 16.5. The molecule has 0 spiro atoms. The van der Waals surface area contributed by atoms with E-state index in [1.165, 1.54) is 55.5 Å². The van der Waals surface area contributed by atoms with Gasteiger partial charge in [-0.1, -0.05) is 67.8 Å². The molecule has 2 aliphatic rings. The number of benzene rings is 3. The summed E-state index contributed by atoms with van der Waals surface area (Å²) in [5, 5.41) is 2.38. The van der Waals surface area contributed by atoms with Gasteiger partial charge in [0, 0.05) is 18.5 Å². The van der Waals surface area contributed by atoms with Crippen molar-refractivity contribution in [3.63, 3.8) is 0 Å². The van der Waals surface area contributed by atoms with Crippen LogP contribution in [0.3, 0.4) is 0 Å². The minimum absolute atomic E-state index is 0.0838. The third-order valence-corrected chi connectivity index (χ3v) is 7.46. The van der Waals surface area contributed by atoms with E-state index in [-0.39, 0.29) is 11.9 Å². The van der Waals surface area contributed by atoms with Crippen LogP contribution in [0.4, 0.5) is 0 Å². The smallest absolute Gasteiger partial charge is 0.337 e. The van der Waals surface area contributed by atoms with Crippen LogP contribution in [0, 0.1) is 5.92 Å². The molecule has 1 aliphatic carbocycles. The lowest BCUT2D eigenvalue weighted by Gasteiger charge is -2.31. The first-order valence-electron chi connectivity index (χ1n) is 12.2. The fraction of sp³-hybridized carbons (Fsp3) is 0.379. The van der Waals surface area contributed by atoms with E-state index in [1.807, 2.05) is 12.1 Å². The average molecular weight is 442 g/mol. The number of esters is 1. The van der Waals surface area contributed by atoms with Gasteiger partial charge < -0.3 is 9.64 Å². The fourth-order valence-corrected chi connectivity index (χ4v) is 5.67. The number of hydrogen-bond donors (Lipinski definition) is 0. The maximum absolute atomic E-state index is 13.2. The molecule has 0 N–H and O–H groups in total. The number of hydrogen-bond acceptors (Lipinski definition) is 3. The van der Waals surface area contributed by atoms with Crippen molar-refractivity contribution in [1.29, 1.82) is 0 Å². The molecule has 4 heteroatoms. The van der Waals surface area contributed by atoms with Crippen LogP contribution in [0.15, 0.2) is 60.7 Å². The molecule has 3 aromatic rings. The molecule has 0 aromatic heterocycles. The largest absolute Gasteiger partial charge is 0.465 e. The van der Waals surface area contributed by atoms with E-state index >= 15 is 0 Å². The lowest BCUT2D eigenvalue weighted by molar-refractivity contribution is -0.133. The Balaban J connectivity index is 1.40. The highest BCUT2D eigenvalue weighted by Crippen LogP contribution is 2.35. The van der Waals surface area contributed by atoms with E-state index in [0.717, 1.165) is 30.5 Å². The number of amides is 1. The monoisotopic (exact) mass is 441 g/mol. The van der Waals surface area contributed by atoms with Gasteiger partial charge in [-0.05, 0) is 65.3 Å². The Morgan fingerprint density at radius 1 is 0.909 bits per heavy atom. The molecule has 2 fully saturated rings. The normalized spacial score (nSPS) is 19.2. The lowest BCUT2D eigenvalue weighted by atomic mass is 9.90. The summed E-state index contributed by atoms with van der Waals surface area (Å²) in [6.07, 6.45) is 7.92. The first-order chi connectivity index (χ1) is 16.2. The average Bonchev–Trinajstić information content (AvgIpc) is 3.24. The van der Waals surface area contributed by atoms with E-state index in [0.29, 0.717) is 17.5 Å². The number of carbonyl (C=O) groups is 2. The number of nitrogens with zero attached hydrogens (tertiary/aromatic N) is 1. The molecule has 33 heavy (non-hydrogen) atoms. The van der Waals surface area contributed by atoms with Crippen molar-refractivity contribution in [3.8, 4) is 11.1 Å². The highest BCUT2D eigenvalue weighted by molar-refractivity contribution is 5.99. The minimum atomic E-state index is -0.328. The Bertz CT molecular complexity index is 1160. The second-order valence-corrected chi connectivity index (χ2v) is 9.40. The summed E-state index contributed by atoms with van der Waals surface area (Å²) >= 11 is 0. The first kappa shape index (κ1) is 21.7. The lowest BCUT2D eigenvalue weighted by Crippen LogP contribution is -2.39. The summed E-state index contributed by atoms with van der Waals surface area (Å²) in [5.41, 5.74) is 3.98. The number of fused-ring (bicyclic) bond motifs is 1. The Kier molecular flexibility index (Phi) is 6.17. The van der Waals surface area contributed by atoms with Crippen LogP contribution >= 0.6 is 0 Å². The number of rotatable bonds is 5. The van der Waals surface area contributed by atoms with Gasteiger partial charge in [-0.25, -0.2) is 4.79 Å². The van der Waals surface area contributed by atoms with Gasteiger partial charge >= 0.3 is 5.97 Å². The number of ether oxygens (including phenoxy) is 1. The standard InChI is InChI=1S/C29H31NO3/c1-33-29(32)21-13-11-20(12-14-21)26-16-15-22(25-9-5-6-10-27(25)26)19-23-17-18-30(28(23)31)24-7-3-2-4-8-24/h5-6,9-16,23-24H,2-4,7-8,17-19H2,1H3/t23-/m0/s1. The highest BCUT2D eigenvalue weighted by Gasteiger charge is 2.36. The van der Waals surface area contributed by atoms with Gasteiger partial charge in [0.1, 0.15) is 0 Å². The van der Waals surface area contributed by atoms with Crippen LogP contribution in [0.2, 0.25) is 0 Å². The fourth-order valence-electron chi connectivity index (χ4n) is 5.67. The van der Waals surface area contributed by atoms with E-state index in [1.54, 1.807) is 12.1 Å². The van der Waals surface area contributed by atoms with Crippen molar-refractivity contribution in [3.05, 3.63) is 71.8 Å². The molecule has 0 radical (unpaired) electrons. The van der Waals surface area contributed by atoms with Crippen LogP contribution in [0.1, 0.15) is 54.4 Å². The zero-order valence-corrected chi connectivity index (χ0v) is 19.3. The predicted molar refractivity (Wildman–Crippen MR) is 131 cm³/mol. The van der Waals surface area contributed by atoms with Crippen LogP contribution in [-0.2, 0) is 16.0 Å². The summed E-state index contributed by atoms with van der Waals surface area (Å²) in [5.74, 6) is 0.110. The van der Waals surface area contributed by atoms with Crippen molar-refractivity contribution in [2.24, 2.45) is 5.92 Å². The number of carbonyl (C=O) groups excluding carboxylic acids is 2. The maximum atomic E-state index is 13.2. The number of likely N-dealkylation sites (tertiary alicyclic amines) is 1. The molecule has 170 valence electrons. The second kappa shape index (κ2) is 9.38. The third-order valence-electron chi connectivity index (χ3n) is 7.46. The van der Waals surface area contributed by atoms with Gasteiger partial charge in [-0.2, -0.15) is 0 Å². The van der Waals surface area contributed by atoms with Gasteiger partial charge in [0.25, 0.3) is 0 Å². The second-order valence-electron chi connectivity index (χ2n) is 9.40. The van der Waals surface area contributed by atoms with Gasteiger partial charge in [-0.3, -0.25) is 4.79 Å². The summed E-state index contributed by atoms with van der Waals surface area (Å²) in [4.78, 5) is 27.2. The molecule has 1 heterocycles. The minimum Gasteiger partial charge on any atom is -0.465 e. The van der Waals surface area contributed by atoms with Gasteiger partial charge in [-0.15, -0.1) is 0 Å². The first-order valence-corrected chi connectivity index (χ1v) is 12.2. The van der Waals surface area contributed by atoms with E-state index in [2.05, 4.69) is 41.3 Å². The molecule has 0 bridgehead atoms. The molecule has 0 unspecified atom stereocenters. The van der Waals surface area contributed by atoms with Crippen molar-refractivity contribution in [2.45, 2.75) is 51.0 Å². The SMILES string of the molecule is COC(=O)c1ccc(-c2ccc(C[C@@H]3CCN(C4CCCCC4)C3=O)c3ccccc23)cc1.